The van der Waals surface area contributed by atoms with Gasteiger partial charge in [0.15, 0.2) is 0 Å². The first-order valence-corrected chi connectivity index (χ1v) is 8.81. The third kappa shape index (κ3) is 3.16. The molecule has 2 N–H and O–H groups in total. The Balaban J connectivity index is 1.80. The average molecular weight is 360 g/mol. The molecule has 5 heteroatoms. The van der Waals surface area contributed by atoms with Gasteiger partial charge in [-0.15, -0.1) is 6.42 Å². The van der Waals surface area contributed by atoms with Gasteiger partial charge in [0.05, 0.1) is 13.2 Å². The Hall–Kier alpha value is -3.23. The zero-order valence-corrected chi connectivity index (χ0v) is 15.0. The molecule has 0 bridgehead atoms. The molecule has 2 atom stereocenters. The van der Waals surface area contributed by atoms with E-state index in [-0.39, 0.29) is 18.6 Å². The van der Waals surface area contributed by atoms with Crippen LogP contribution < -0.4 is 10.1 Å². The van der Waals surface area contributed by atoms with Crippen LogP contribution in [0.3, 0.4) is 0 Å². The normalized spacial score (nSPS) is 18.5. The number of rotatable bonds is 4. The molecule has 2 aromatic carbocycles. The molecule has 0 fully saturated rings. The molecule has 0 saturated carbocycles. The van der Waals surface area contributed by atoms with E-state index in [0.29, 0.717) is 12.2 Å². The Morgan fingerprint density at radius 3 is 2.93 bits per heavy atom. The number of aromatic amines is 1. The van der Waals surface area contributed by atoms with E-state index in [0.717, 1.165) is 27.7 Å². The Kier molecular flexibility index (Phi) is 4.57. The largest absolute Gasteiger partial charge is 0.481 e. The van der Waals surface area contributed by atoms with Crippen LogP contribution in [-0.4, -0.2) is 30.7 Å². The zero-order chi connectivity index (χ0) is 18.8. The first-order valence-electron chi connectivity index (χ1n) is 8.81. The quantitative estimate of drug-likeness (QED) is 0.555. The number of benzene rings is 2. The Morgan fingerprint density at radius 1 is 1.26 bits per heavy atom. The lowest BCUT2D eigenvalue weighted by atomic mass is 9.90. The Labute approximate surface area is 157 Å². The number of hydrogen-bond acceptors (Lipinski definition) is 4. The molecule has 1 aliphatic rings. The maximum Gasteiger partial charge on any atom is 0.323 e. The van der Waals surface area contributed by atoms with Crippen molar-refractivity contribution >= 4 is 16.9 Å². The molecule has 5 nitrogen and oxygen atoms in total. The van der Waals surface area contributed by atoms with E-state index in [2.05, 4.69) is 22.3 Å². The maximum atomic E-state index is 12.3. The molecule has 2 unspecified atom stereocenters. The molecule has 27 heavy (non-hydrogen) atoms. The lowest BCUT2D eigenvalue weighted by Gasteiger charge is -2.30. The number of carbonyl (C=O) groups is 1. The van der Waals surface area contributed by atoms with Crippen molar-refractivity contribution in [3.05, 3.63) is 65.4 Å². The first kappa shape index (κ1) is 17.2. The van der Waals surface area contributed by atoms with E-state index in [1.165, 1.54) is 7.11 Å². The van der Waals surface area contributed by atoms with Crippen molar-refractivity contribution in [2.75, 3.05) is 13.7 Å². The summed E-state index contributed by atoms with van der Waals surface area (Å²) >= 11 is 0. The molecule has 1 aromatic heterocycles. The standard InChI is InChI=1S/C22H20N2O3/c1-3-11-27-15-8-6-7-14(12-15)20-21-17(13-19(24-20)22(25)26-2)16-9-4-5-10-18(16)23-21/h1,4-10,12,19-20,23-24H,11,13H2,2H3. The number of para-hydroxylation sites is 1. The molecule has 0 aliphatic carbocycles. The third-order valence-corrected chi connectivity index (χ3v) is 4.91. The molecule has 3 aromatic rings. The highest BCUT2D eigenvalue weighted by Crippen LogP contribution is 2.36. The fraction of sp³-hybridized carbons (Fsp3) is 0.227. The number of nitrogens with one attached hydrogen (secondary N) is 2. The van der Waals surface area contributed by atoms with Crippen LogP contribution in [0.2, 0.25) is 0 Å². The van der Waals surface area contributed by atoms with E-state index in [1.807, 2.05) is 42.5 Å². The minimum Gasteiger partial charge on any atom is -0.481 e. The number of H-pyrrole nitrogens is 1. The minimum absolute atomic E-state index is 0.181. The van der Waals surface area contributed by atoms with Crippen LogP contribution in [0, 0.1) is 12.3 Å². The number of carbonyl (C=O) groups excluding carboxylic acids is 1. The van der Waals surface area contributed by atoms with Gasteiger partial charge in [-0.1, -0.05) is 36.3 Å². The van der Waals surface area contributed by atoms with Gasteiger partial charge in [0.2, 0.25) is 0 Å². The van der Waals surface area contributed by atoms with Gasteiger partial charge in [0.25, 0.3) is 0 Å². The monoisotopic (exact) mass is 360 g/mol. The van der Waals surface area contributed by atoms with Gasteiger partial charge < -0.3 is 14.5 Å². The summed E-state index contributed by atoms with van der Waals surface area (Å²) in [6.07, 6.45) is 5.87. The highest BCUT2D eigenvalue weighted by Gasteiger charge is 2.34. The van der Waals surface area contributed by atoms with Gasteiger partial charge in [-0.05, 0) is 29.3 Å². The predicted octanol–water partition coefficient (Wildman–Crippen LogP) is 2.96. The molecular weight excluding hydrogens is 340 g/mol. The van der Waals surface area contributed by atoms with Crippen LogP contribution in [0.25, 0.3) is 10.9 Å². The van der Waals surface area contributed by atoms with E-state index >= 15 is 0 Å². The first-order chi connectivity index (χ1) is 13.2. The third-order valence-electron chi connectivity index (χ3n) is 4.91. The summed E-state index contributed by atoms with van der Waals surface area (Å²) in [5.41, 5.74) is 4.25. The summed E-state index contributed by atoms with van der Waals surface area (Å²) in [5, 5.41) is 4.55. The second kappa shape index (κ2) is 7.18. The maximum absolute atomic E-state index is 12.3. The molecule has 0 radical (unpaired) electrons. The molecular formula is C22H20N2O3. The lowest BCUT2D eigenvalue weighted by Crippen LogP contribution is -2.45. The van der Waals surface area contributed by atoms with Crippen LogP contribution in [0.15, 0.2) is 48.5 Å². The van der Waals surface area contributed by atoms with Crippen molar-refractivity contribution in [1.82, 2.24) is 10.3 Å². The number of fused-ring (bicyclic) bond motifs is 3. The van der Waals surface area contributed by atoms with Crippen molar-refractivity contribution in [3.63, 3.8) is 0 Å². The summed E-state index contributed by atoms with van der Waals surface area (Å²) < 4.78 is 10.6. The highest BCUT2D eigenvalue weighted by atomic mass is 16.5. The van der Waals surface area contributed by atoms with Crippen LogP contribution in [-0.2, 0) is 16.0 Å². The van der Waals surface area contributed by atoms with Crippen molar-refractivity contribution < 1.29 is 14.3 Å². The molecule has 0 saturated heterocycles. The van der Waals surface area contributed by atoms with E-state index < -0.39 is 6.04 Å². The van der Waals surface area contributed by atoms with Crippen molar-refractivity contribution in [3.8, 4) is 18.1 Å². The van der Waals surface area contributed by atoms with Crippen LogP contribution >= 0.6 is 0 Å². The van der Waals surface area contributed by atoms with Crippen LogP contribution in [0.5, 0.6) is 5.75 Å². The lowest BCUT2D eigenvalue weighted by molar-refractivity contribution is -0.143. The summed E-state index contributed by atoms with van der Waals surface area (Å²) in [4.78, 5) is 15.8. The summed E-state index contributed by atoms with van der Waals surface area (Å²) in [6.45, 7) is 0.212. The molecule has 2 heterocycles. The fourth-order valence-electron chi connectivity index (χ4n) is 3.70. The SMILES string of the molecule is C#CCOc1cccc(C2NC(C(=O)OC)Cc3c2[nH]c2ccccc32)c1. The van der Waals surface area contributed by atoms with Gasteiger partial charge in [0.1, 0.15) is 18.4 Å². The van der Waals surface area contributed by atoms with E-state index in [4.69, 9.17) is 15.9 Å². The second-order valence-corrected chi connectivity index (χ2v) is 6.51. The van der Waals surface area contributed by atoms with Gasteiger partial charge in [0, 0.05) is 23.0 Å². The zero-order valence-electron chi connectivity index (χ0n) is 15.0. The van der Waals surface area contributed by atoms with Crippen molar-refractivity contribution in [1.29, 1.82) is 0 Å². The smallest absolute Gasteiger partial charge is 0.323 e. The van der Waals surface area contributed by atoms with E-state index in [1.54, 1.807) is 0 Å². The predicted molar refractivity (Wildman–Crippen MR) is 104 cm³/mol. The fourth-order valence-corrected chi connectivity index (χ4v) is 3.70. The number of ether oxygens (including phenoxy) is 2. The van der Waals surface area contributed by atoms with E-state index in [9.17, 15) is 4.79 Å². The number of aromatic nitrogens is 1. The summed E-state index contributed by atoms with van der Waals surface area (Å²) in [6, 6.07) is 15.3. The molecule has 0 amide bonds. The Morgan fingerprint density at radius 2 is 2.11 bits per heavy atom. The number of esters is 1. The van der Waals surface area contributed by atoms with Crippen molar-refractivity contribution in [2.24, 2.45) is 0 Å². The van der Waals surface area contributed by atoms with Gasteiger partial charge in [-0.2, -0.15) is 0 Å². The number of methoxy groups -OCH3 is 1. The summed E-state index contributed by atoms with van der Waals surface area (Å²) in [7, 11) is 1.41. The van der Waals surface area contributed by atoms with Gasteiger partial charge in [-0.3, -0.25) is 10.1 Å². The number of terminal acetylenes is 1. The summed E-state index contributed by atoms with van der Waals surface area (Å²) in [5.74, 6) is 2.90. The topological polar surface area (TPSA) is 63.4 Å². The van der Waals surface area contributed by atoms with Crippen LogP contribution in [0.4, 0.5) is 0 Å². The highest BCUT2D eigenvalue weighted by molar-refractivity contribution is 5.87. The number of hydrogen-bond donors (Lipinski definition) is 2. The Bertz CT molecular complexity index is 1030. The molecule has 0 spiro atoms. The minimum atomic E-state index is -0.415. The molecule has 136 valence electrons. The van der Waals surface area contributed by atoms with Crippen LogP contribution in [0.1, 0.15) is 22.9 Å². The average Bonchev–Trinajstić information content (AvgIpc) is 3.09. The second-order valence-electron chi connectivity index (χ2n) is 6.51. The van der Waals surface area contributed by atoms with Crippen molar-refractivity contribution in [2.45, 2.75) is 18.5 Å². The van der Waals surface area contributed by atoms with Gasteiger partial charge in [-0.25, -0.2) is 0 Å². The van der Waals surface area contributed by atoms with Gasteiger partial charge >= 0.3 is 5.97 Å². The molecule has 4 rings (SSSR count). The molecule has 1 aliphatic heterocycles.